The average molecular weight is 282 g/mol. The highest BCUT2D eigenvalue weighted by atomic mass is 16.5. The van der Waals surface area contributed by atoms with Gasteiger partial charge in [-0.15, -0.1) is 0 Å². The molecule has 0 radical (unpaired) electrons. The molecule has 2 heterocycles. The fraction of sp³-hybridized carbons (Fsp3) is 0.692. The number of nitrogens with zero attached hydrogens (tertiary/aromatic N) is 3. The van der Waals surface area contributed by atoms with Crippen LogP contribution in [-0.2, 0) is 25.4 Å². The summed E-state index contributed by atoms with van der Waals surface area (Å²) in [5.74, 6) is 0.638. The van der Waals surface area contributed by atoms with Gasteiger partial charge in [-0.1, -0.05) is 0 Å². The topological polar surface area (TPSA) is 68.5 Å². The fourth-order valence-corrected chi connectivity index (χ4v) is 2.44. The number of hydrogen-bond acceptors (Lipinski definition) is 5. The molecule has 112 valence electrons. The molecule has 0 unspecified atom stereocenters. The Morgan fingerprint density at radius 1 is 1.25 bits per heavy atom. The van der Waals surface area contributed by atoms with Gasteiger partial charge in [-0.2, -0.15) is 0 Å². The summed E-state index contributed by atoms with van der Waals surface area (Å²) in [4.78, 5) is 26.2. The molecule has 2 rings (SSSR count). The zero-order valence-electron chi connectivity index (χ0n) is 12.3. The number of aromatic nitrogens is 2. The molecule has 0 fully saturated rings. The molecule has 0 saturated carbocycles. The Kier molecular flexibility index (Phi) is 4.61. The van der Waals surface area contributed by atoms with Gasteiger partial charge >= 0.3 is 5.69 Å². The van der Waals surface area contributed by atoms with Crippen LogP contribution in [0.25, 0.3) is 0 Å². The van der Waals surface area contributed by atoms with Gasteiger partial charge in [0.2, 0.25) is 0 Å². The van der Waals surface area contributed by atoms with Crippen molar-refractivity contribution in [2.45, 2.75) is 19.9 Å². The highest BCUT2D eigenvalue weighted by Crippen LogP contribution is 2.16. The van der Waals surface area contributed by atoms with Crippen LogP contribution < -0.4 is 16.6 Å². The zero-order chi connectivity index (χ0) is 14.7. The van der Waals surface area contributed by atoms with Gasteiger partial charge in [-0.05, 0) is 13.3 Å². The van der Waals surface area contributed by atoms with E-state index >= 15 is 0 Å². The van der Waals surface area contributed by atoms with Crippen molar-refractivity contribution < 1.29 is 4.74 Å². The lowest BCUT2D eigenvalue weighted by Crippen LogP contribution is -2.46. The SMILES string of the molecule is CCOCCCN1CNc2c(c(=O)n(C)c(=O)n2C)C1. The van der Waals surface area contributed by atoms with Crippen molar-refractivity contribution in [1.82, 2.24) is 14.0 Å². The van der Waals surface area contributed by atoms with E-state index in [0.29, 0.717) is 24.6 Å². The number of ether oxygens (including phenoxy) is 1. The predicted octanol–water partition coefficient (Wildman–Crippen LogP) is -0.304. The predicted molar refractivity (Wildman–Crippen MR) is 76.9 cm³/mol. The minimum Gasteiger partial charge on any atom is -0.382 e. The molecule has 0 amide bonds. The van der Waals surface area contributed by atoms with E-state index in [9.17, 15) is 9.59 Å². The van der Waals surface area contributed by atoms with E-state index in [1.807, 2.05) is 6.92 Å². The minimum absolute atomic E-state index is 0.217. The van der Waals surface area contributed by atoms with E-state index < -0.39 is 0 Å². The molecule has 7 nitrogen and oxygen atoms in total. The molecule has 0 aromatic carbocycles. The first-order chi connectivity index (χ1) is 9.56. The molecular formula is C13H22N4O3. The standard InChI is InChI=1S/C13H22N4O3/c1-4-20-7-5-6-17-8-10-11(14-9-17)15(2)13(19)16(3)12(10)18/h14H,4-9H2,1-3H3. The Labute approximate surface area is 117 Å². The first-order valence-corrected chi connectivity index (χ1v) is 6.89. The Bertz CT molecular complexity index is 591. The number of hydrogen-bond donors (Lipinski definition) is 1. The van der Waals surface area contributed by atoms with Gasteiger partial charge in [0.1, 0.15) is 5.82 Å². The fourth-order valence-electron chi connectivity index (χ4n) is 2.44. The third-order valence-corrected chi connectivity index (χ3v) is 3.58. The van der Waals surface area contributed by atoms with E-state index in [-0.39, 0.29) is 11.2 Å². The highest BCUT2D eigenvalue weighted by Gasteiger charge is 2.22. The molecule has 1 N–H and O–H groups in total. The summed E-state index contributed by atoms with van der Waals surface area (Å²) in [5, 5.41) is 3.17. The smallest absolute Gasteiger partial charge is 0.332 e. The van der Waals surface area contributed by atoms with Crippen LogP contribution in [0.5, 0.6) is 0 Å². The Hall–Kier alpha value is -1.60. The van der Waals surface area contributed by atoms with E-state index in [2.05, 4.69) is 10.2 Å². The van der Waals surface area contributed by atoms with Crippen molar-refractivity contribution in [3.63, 3.8) is 0 Å². The van der Waals surface area contributed by atoms with Crippen LogP contribution in [0.15, 0.2) is 9.59 Å². The van der Waals surface area contributed by atoms with Crippen LogP contribution in [-0.4, -0.2) is 40.5 Å². The van der Waals surface area contributed by atoms with Crippen molar-refractivity contribution in [1.29, 1.82) is 0 Å². The van der Waals surface area contributed by atoms with Crippen LogP contribution in [0, 0.1) is 0 Å². The number of nitrogens with one attached hydrogen (secondary N) is 1. The largest absolute Gasteiger partial charge is 0.382 e. The van der Waals surface area contributed by atoms with Crippen molar-refractivity contribution in [3.05, 3.63) is 26.4 Å². The van der Waals surface area contributed by atoms with Crippen LogP contribution in [0.4, 0.5) is 5.82 Å². The average Bonchev–Trinajstić information content (AvgIpc) is 2.47. The summed E-state index contributed by atoms with van der Waals surface area (Å²) in [6, 6.07) is 0. The van der Waals surface area contributed by atoms with E-state index in [1.165, 1.54) is 11.6 Å². The van der Waals surface area contributed by atoms with E-state index in [4.69, 9.17) is 4.74 Å². The maximum atomic E-state index is 12.2. The van der Waals surface area contributed by atoms with Crippen molar-refractivity contribution in [2.24, 2.45) is 14.1 Å². The van der Waals surface area contributed by atoms with Gasteiger partial charge in [-0.3, -0.25) is 18.8 Å². The van der Waals surface area contributed by atoms with Gasteiger partial charge < -0.3 is 10.1 Å². The third-order valence-electron chi connectivity index (χ3n) is 3.58. The van der Waals surface area contributed by atoms with Crippen molar-refractivity contribution >= 4 is 5.82 Å². The van der Waals surface area contributed by atoms with Gasteiger partial charge in [0.05, 0.1) is 12.2 Å². The molecule has 1 aromatic rings. The van der Waals surface area contributed by atoms with Gasteiger partial charge in [0, 0.05) is 40.4 Å². The molecule has 1 aromatic heterocycles. The normalized spacial score (nSPS) is 14.9. The van der Waals surface area contributed by atoms with Crippen LogP contribution in [0.2, 0.25) is 0 Å². The van der Waals surface area contributed by atoms with Gasteiger partial charge in [-0.25, -0.2) is 4.79 Å². The molecule has 1 aliphatic heterocycles. The van der Waals surface area contributed by atoms with Crippen molar-refractivity contribution in [3.8, 4) is 0 Å². The zero-order valence-corrected chi connectivity index (χ0v) is 12.3. The summed E-state index contributed by atoms with van der Waals surface area (Å²) >= 11 is 0. The molecule has 20 heavy (non-hydrogen) atoms. The summed E-state index contributed by atoms with van der Waals surface area (Å²) in [6.45, 7) is 5.49. The molecule has 1 aliphatic rings. The molecule has 0 spiro atoms. The molecule has 7 heteroatoms. The molecular weight excluding hydrogens is 260 g/mol. The van der Waals surface area contributed by atoms with E-state index in [0.717, 1.165) is 30.7 Å². The second-order valence-electron chi connectivity index (χ2n) is 4.97. The summed E-state index contributed by atoms with van der Waals surface area (Å²) < 4.78 is 7.96. The lowest BCUT2D eigenvalue weighted by Gasteiger charge is -2.30. The first kappa shape index (κ1) is 14.8. The van der Waals surface area contributed by atoms with Gasteiger partial charge in [0.25, 0.3) is 5.56 Å². The summed E-state index contributed by atoms with van der Waals surface area (Å²) in [6.07, 6.45) is 0.928. The van der Waals surface area contributed by atoms with Crippen LogP contribution in [0.1, 0.15) is 18.9 Å². The molecule has 0 aliphatic carbocycles. The summed E-state index contributed by atoms with van der Waals surface area (Å²) in [5.41, 5.74) is 0.133. The highest BCUT2D eigenvalue weighted by molar-refractivity contribution is 5.45. The monoisotopic (exact) mass is 282 g/mol. The van der Waals surface area contributed by atoms with Crippen molar-refractivity contribution in [2.75, 3.05) is 31.7 Å². The summed E-state index contributed by atoms with van der Waals surface area (Å²) in [7, 11) is 3.19. The van der Waals surface area contributed by atoms with Crippen LogP contribution in [0.3, 0.4) is 0 Å². The number of fused-ring (bicyclic) bond motifs is 1. The third kappa shape index (κ3) is 2.78. The Balaban J connectivity index is 2.14. The Morgan fingerprint density at radius 2 is 2.00 bits per heavy atom. The molecule has 0 bridgehead atoms. The maximum Gasteiger partial charge on any atom is 0.332 e. The second kappa shape index (κ2) is 6.23. The molecule has 0 atom stereocenters. The Morgan fingerprint density at radius 3 is 2.70 bits per heavy atom. The lowest BCUT2D eigenvalue weighted by atomic mass is 10.2. The quantitative estimate of drug-likeness (QED) is 0.751. The molecule has 0 saturated heterocycles. The van der Waals surface area contributed by atoms with Gasteiger partial charge in [0.15, 0.2) is 0 Å². The number of anilines is 1. The maximum absolute atomic E-state index is 12.2. The minimum atomic E-state index is -0.300. The first-order valence-electron chi connectivity index (χ1n) is 6.89. The lowest BCUT2D eigenvalue weighted by molar-refractivity contribution is 0.131. The van der Waals surface area contributed by atoms with E-state index in [1.54, 1.807) is 7.05 Å². The van der Waals surface area contributed by atoms with Crippen LogP contribution >= 0.6 is 0 Å². The number of rotatable bonds is 5. The second-order valence-corrected chi connectivity index (χ2v) is 4.97.